The van der Waals surface area contributed by atoms with E-state index in [0.717, 1.165) is 24.8 Å². The lowest BCUT2D eigenvalue weighted by Gasteiger charge is -2.40. The van der Waals surface area contributed by atoms with Crippen molar-refractivity contribution in [2.45, 2.75) is 38.1 Å². The first-order valence-corrected chi connectivity index (χ1v) is 7.98. The summed E-state index contributed by atoms with van der Waals surface area (Å²) in [4.78, 5) is 9.53. The second kappa shape index (κ2) is 6.44. The summed E-state index contributed by atoms with van der Waals surface area (Å²) in [5, 5.41) is 3.17. The average Bonchev–Trinajstić information content (AvgIpc) is 2.56. The van der Waals surface area contributed by atoms with Gasteiger partial charge in [-0.1, -0.05) is 6.42 Å². The summed E-state index contributed by atoms with van der Waals surface area (Å²) in [6.45, 7) is 4.97. The molecule has 2 fully saturated rings. The Kier molecular flexibility index (Phi) is 4.41. The van der Waals surface area contributed by atoms with Crippen LogP contribution in [-0.4, -0.2) is 49.2 Å². The molecule has 0 radical (unpaired) electrons. The molecule has 4 nitrogen and oxygen atoms in total. The standard InChI is InChI=1S/C16H26N4/c1-17-14-11-16(13-18-12-14)20-9-5-15(6-10-20)19-7-3-2-4-8-19/h11-13,15,17H,2-10H2,1H3. The maximum atomic E-state index is 4.32. The Morgan fingerprint density at radius 2 is 1.80 bits per heavy atom. The van der Waals surface area contributed by atoms with Gasteiger partial charge in [-0.2, -0.15) is 0 Å². The SMILES string of the molecule is CNc1cncc(N2CCC(N3CCCCC3)CC2)c1. The lowest BCUT2D eigenvalue weighted by atomic mass is 9.99. The topological polar surface area (TPSA) is 31.4 Å². The van der Waals surface area contributed by atoms with Gasteiger partial charge in [0.25, 0.3) is 0 Å². The zero-order valence-electron chi connectivity index (χ0n) is 12.5. The second-order valence-corrected chi connectivity index (χ2v) is 6.00. The van der Waals surface area contributed by atoms with Gasteiger partial charge in [-0.15, -0.1) is 0 Å². The van der Waals surface area contributed by atoms with Crippen molar-refractivity contribution in [3.63, 3.8) is 0 Å². The smallest absolute Gasteiger partial charge is 0.0573 e. The summed E-state index contributed by atoms with van der Waals surface area (Å²) in [5.41, 5.74) is 2.36. The van der Waals surface area contributed by atoms with Crippen molar-refractivity contribution in [2.24, 2.45) is 0 Å². The van der Waals surface area contributed by atoms with Gasteiger partial charge in [-0.25, -0.2) is 0 Å². The van der Waals surface area contributed by atoms with Crippen molar-refractivity contribution in [1.29, 1.82) is 0 Å². The predicted octanol–water partition coefficient (Wildman–Crippen LogP) is 2.58. The summed E-state index contributed by atoms with van der Waals surface area (Å²) in [6, 6.07) is 3.01. The fourth-order valence-corrected chi connectivity index (χ4v) is 3.51. The van der Waals surface area contributed by atoms with Gasteiger partial charge in [0.2, 0.25) is 0 Å². The molecule has 0 saturated carbocycles. The zero-order chi connectivity index (χ0) is 13.8. The van der Waals surface area contributed by atoms with E-state index < -0.39 is 0 Å². The number of likely N-dealkylation sites (tertiary alicyclic amines) is 1. The van der Waals surface area contributed by atoms with Gasteiger partial charge < -0.3 is 15.1 Å². The van der Waals surface area contributed by atoms with E-state index in [0.29, 0.717) is 0 Å². The minimum absolute atomic E-state index is 0.812. The van der Waals surface area contributed by atoms with E-state index in [1.165, 1.54) is 50.9 Å². The van der Waals surface area contributed by atoms with Crippen LogP contribution in [0.1, 0.15) is 32.1 Å². The van der Waals surface area contributed by atoms with E-state index in [1.54, 1.807) is 0 Å². The molecule has 0 bridgehead atoms. The molecule has 2 aliphatic rings. The highest BCUT2D eigenvalue weighted by Gasteiger charge is 2.25. The van der Waals surface area contributed by atoms with Crippen LogP contribution in [0.2, 0.25) is 0 Å². The monoisotopic (exact) mass is 274 g/mol. The highest BCUT2D eigenvalue weighted by Crippen LogP contribution is 2.25. The lowest BCUT2D eigenvalue weighted by molar-refractivity contribution is 0.141. The van der Waals surface area contributed by atoms with E-state index in [9.17, 15) is 0 Å². The molecule has 1 aromatic rings. The Hall–Kier alpha value is -1.29. The van der Waals surface area contributed by atoms with Gasteiger partial charge in [-0.3, -0.25) is 4.98 Å². The van der Waals surface area contributed by atoms with Crippen molar-refractivity contribution < 1.29 is 0 Å². The maximum Gasteiger partial charge on any atom is 0.0573 e. The predicted molar refractivity (Wildman–Crippen MR) is 84.4 cm³/mol. The van der Waals surface area contributed by atoms with Crippen LogP contribution in [0.25, 0.3) is 0 Å². The van der Waals surface area contributed by atoms with Crippen molar-refractivity contribution in [2.75, 3.05) is 43.4 Å². The van der Waals surface area contributed by atoms with Crippen molar-refractivity contribution >= 4 is 11.4 Å². The minimum Gasteiger partial charge on any atom is -0.387 e. The number of rotatable bonds is 3. The van der Waals surface area contributed by atoms with Crippen LogP contribution in [-0.2, 0) is 0 Å². The number of pyridine rings is 1. The summed E-state index contributed by atoms with van der Waals surface area (Å²) >= 11 is 0. The van der Waals surface area contributed by atoms with Crippen LogP contribution in [0, 0.1) is 0 Å². The van der Waals surface area contributed by atoms with Gasteiger partial charge in [0.15, 0.2) is 0 Å². The molecule has 0 atom stereocenters. The lowest BCUT2D eigenvalue weighted by Crippen LogP contribution is -2.46. The van der Waals surface area contributed by atoms with Gasteiger partial charge in [0.05, 0.1) is 23.8 Å². The molecule has 0 spiro atoms. The highest BCUT2D eigenvalue weighted by atomic mass is 15.2. The van der Waals surface area contributed by atoms with Gasteiger partial charge in [0, 0.05) is 26.2 Å². The molecule has 4 heteroatoms. The van der Waals surface area contributed by atoms with Crippen LogP contribution in [0.4, 0.5) is 11.4 Å². The maximum absolute atomic E-state index is 4.32. The van der Waals surface area contributed by atoms with Gasteiger partial charge in [0.1, 0.15) is 0 Å². The minimum atomic E-state index is 0.812. The van der Waals surface area contributed by atoms with Crippen LogP contribution in [0.5, 0.6) is 0 Å². The Balaban J connectivity index is 1.57. The quantitative estimate of drug-likeness (QED) is 0.918. The zero-order valence-corrected chi connectivity index (χ0v) is 12.5. The largest absolute Gasteiger partial charge is 0.387 e. The number of nitrogens with one attached hydrogen (secondary N) is 1. The molecular formula is C16H26N4. The number of aromatic nitrogens is 1. The molecule has 2 aliphatic heterocycles. The first kappa shape index (κ1) is 13.7. The number of piperidine rings is 2. The van der Waals surface area contributed by atoms with E-state index >= 15 is 0 Å². The van der Waals surface area contributed by atoms with Crippen molar-refractivity contribution in [3.8, 4) is 0 Å². The Bertz CT molecular complexity index is 420. The normalized spacial score (nSPS) is 21.9. The number of anilines is 2. The third-order valence-electron chi connectivity index (χ3n) is 4.75. The highest BCUT2D eigenvalue weighted by molar-refractivity contribution is 5.55. The average molecular weight is 274 g/mol. The number of nitrogens with zero attached hydrogens (tertiary/aromatic N) is 3. The Morgan fingerprint density at radius 3 is 2.50 bits per heavy atom. The summed E-state index contributed by atoms with van der Waals surface area (Å²) in [6.07, 6.45) is 10.7. The van der Waals surface area contributed by atoms with Gasteiger partial charge in [-0.05, 0) is 44.8 Å². The van der Waals surface area contributed by atoms with E-state index in [1.807, 2.05) is 19.4 Å². The molecule has 110 valence electrons. The molecule has 0 aromatic carbocycles. The second-order valence-electron chi connectivity index (χ2n) is 6.00. The van der Waals surface area contributed by atoms with E-state index in [-0.39, 0.29) is 0 Å². The molecule has 2 saturated heterocycles. The van der Waals surface area contributed by atoms with Crippen molar-refractivity contribution in [1.82, 2.24) is 9.88 Å². The molecule has 0 unspecified atom stereocenters. The first-order valence-electron chi connectivity index (χ1n) is 7.98. The van der Waals surface area contributed by atoms with E-state index in [4.69, 9.17) is 0 Å². The van der Waals surface area contributed by atoms with Crippen LogP contribution in [0.15, 0.2) is 18.5 Å². The molecule has 3 heterocycles. The Morgan fingerprint density at radius 1 is 1.05 bits per heavy atom. The fourth-order valence-electron chi connectivity index (χ4n) is 3.51. The van der Waals surface area contributed by atoms with Gasteiger partial charge >= 0.3 is 0 Å². The fraction of sp³-hybridized carbons (Fsp3) is 0.688. The molecular weight excluding hydrogens is 248 g/mol. The van der Waals surface area contributed by atoms with Crippen LogP contribution < -0.4 is 10.2 Å². The first-order chi connectivity index (χ1) is 9.86. The molecule has 3 rings (SSSR count). The molecule has 0 amide bonds. The molecule has 20 heavy (non-hydrogen) atoms. The summed E-state index contributed by atoms with van der Waals surface area (Å²) in [5.74, 6) is 0. The number of hydrogen-bond donors (Lipinski definition) is 1. The molecule has 1 aromatic heterocycles. The summed E-state index contributed by atoms with van der Waals surface area (Å²) in [7, 11) is 1.95. The number of hydrogen-bond acceptors (Lipinski definition) is 4. The van der Waals surface area contributed by atoms with E-state index in [2.05, 4.69) is 26.2 Å². The Labute approximate surface area is 122 Å². The third-order valence-corrected chi connectivity index (χ3v) is 4.75. The van der Waals surface area contributed by atoms with Crippen LogP contribution in [0.3, 0.4) is 0 Å². The van der Waals surface area contributed by atoms with Crippen molar-refractivity contribution in [3.05, 3.63) is 18.5 Å². The molecule has 1 N–H and O–H groups in total. The third kappa shape index (κ3) is 3.06. The van der Waals surface area contributed by atoms with Crippen LogP contribution >= 0.6 is 0 Å². The molecule has 0 aliphatic carbocycles. The summed E-state index contributed by atoms with van der Waals surface area (Å²) < 4.78 is 0.